The molecule has 0 amide bonds. The van der Waals surface area contributed by atoms with Crippen LogP contribution in [0.5, 0.6) is 0 Å². The number of hydrogen-bond acceptors (Lipinski definition) is 4. The number of nitro benzene ring substituents is 1. The van der Waals surface area contributed by atoms with Crippen molar-refractivity contribution >= 4 is 11.4 Å². The molecule has 1 N–H and O–H groups in total. The van der Waals surface area contributed by atoms with E-state index in [1.807, 2.05) is 13.0 Å². The highest BCUT2D eigenvalue weighted by Crippen LogP contribution is 2.29. The van der Waals surface area contributed by atoms with Crippen molar-refractivity contribution in [2.45, 2.75) is 45.6 Å². The van der Waals surface area contributed by atoms with Gasteiger partial charge in [0.05, 0.1) is 10.5 Å². The lowest BCUT2D eigenvalue weighted by Crippen LogP contribution is -2.44. The number of piperidine rings is 1. The van der Waals surface area contributed by atoms with Gasteiger partial charge in [-0.25, -0.2) is 0 Å². The first-order valence-corrected chi connectivity index (χ1v) is 7.85. The van der Waals surface area contributed by atoms with Crippen LogP contribution in [0.15, 0.2) is 18.2 Å². The highest BCUT2D eigenvalue weighted by atomic mass is 16.6. The van der Waals surface area contributed by atoms with Crippen molar-refractivity contribution in [3.8, 4) is 0 Å². The van der Waals surface area contributed by atoms with E-state index in [0.29, 0.717) is 6.04 Å². The fourth-order valence-corrected chi connectivity index (χ4v) is 3.08. The van der Waals surface area contributed by atoms with Crippen LogP contribution in [0.3, 0.4) is 0 Å². The molecule has 1 aliphatic heterocycles. The average Bonchev–Trinajstić information content (AvgIpc) is 2.48. The standard InChI is InChI=1S/C16H25N3O2/c1-3-11-18(12-14-7-4-5-10-17-14)15-8-6-9-16(13(15)2)19(20)21/h6,8-9,14,17H,3-5,7,10-12H2,1-2H3. The summed E-state index contributed by atoms with van der Waals surface area (Å²) in [5.74, 6) is 0. The Hall–Kier alpha value is -1.62. The molecule has 21 heavy (non-hydrogen) atoms. The van der Waals surface area contributed by atoms with Crippen molar-refractivity contribution in [2.75, 3.05) is 24.5 Å². The van der Waals surface area contributed by atoms with Gasteiger partial charge in [0.25, 0.3) is 5.69 Å². The number of hydrogen-bond donors (Lipinski definition) is 1. The Kier molecular flexibility index (Phi) is 5.56. The van der Waals surface area contributed by atoms with Crippen LogP contribution in [0.25, 0.3) is 0 Å². The molecular formula is C16H25N3O2. The molecule has 1 aliphatic rings. The largest absolute Gasteiger partial charge is 0.370 e. The summed E-state index contributed by atoms with van der Waals surface area (Å²) in [6.07, 6.45) is 4.74. The molecule has 1 aromatic carbocycles. The quantitative estimate of drug-likeness (QED) is 0.645. The van der Waals surface area contributed by atoms with Crippen LogP contribution >= 0.6 is 0 Å². The molecule has 1 unspecified atom stereocenters. The average molecular weight is 291 g/mol. The molecule has 0 saturated carbocycles. The number of rotatable bonds is 6. The van der Waals surface area contributed by atoms with E-state index in [0.717, 1.165) is 37.3 Å². The molecular weight excluding hydrogens is 266 g/mol. The minimum Gasteiger partial charge on any atom is -0.370 e. The third-order valence-corrected chi connectivity index (χ3v) is 4.16. The van der Waals surface area contributed by atoms with Crippen LogP contribution in [-0.2, 0) is 0 Å². The van der Waals surface area contributed by atoms with Gasteiger partial charge in [-0.3, -0.25) is 10.1 Å². The highest BCUT2D eigenvalue weighted by molar-refractivity contribution is 5.61. The molecule has 116 valence electrons. The smallest absolute Gasteiger partial charge is 0.274 e. The molecule has 1 fully saturated rings. The third-order valence-electron chi connectivity index (χ3n) is 4.16. The van der Waals surface area contributed by atoms with Gasteiger partial charge in [-0.15, -0.1) is 0 Å². The van der Waals surface area contributed by atoms with Crippen LogP contribution in [0.2, 0.25) is 0 Å². The molecule has 5 nitrogen and oxygen atoms in total. The Bertz CT molecular complexity index is 484. The van der Waals surface area contributed by atoms with Gasteiger partial charge < -0.3 is 10.2 Å². The van der Waals surface area contributed by atoms with Crippen LogP contribution in [0.1, 0.15) is 38.2 Å². The minimum absolute atomic E-state index is 0.213. The number of benzene rings is 1. The van der Waals surface area contributed by atoms with Crippen molar-refractivity contribution < 1.29 is 4.92 Å². The number of nitrogens with zero attached hydrogens (tertiary/aromatic N) is 2. The van der Waals surface area contributed by atoms with Gasteiger partial charge in [-0.1, -0.05) is 19.4 Å². The lowest BCUT2D eigenvalue weighted by Gasteiger charge is -2.32. The molecule has 0 aromatic heterocycles. The Labute approximate surface area is 126 Å². The number of nitrogens with one attached hydrogen (secondary N) is 1. The van der Waals surface area contributed by atoms with E-state index in [1.165, 1.54) is 19.3 Å². The summed E-state index contributed by atoms with van der Waals surface area (Å²) in [7, 11) is 0. The van der Waals surface area contributed by atoms with Gasteiger partial charge in [0.2, 0.25) is 0 Å². The zero-order chi connectivity index (χ0) is 15.2. The first-order valence-electron chi connectivity index (χ1n) is 7.85. The Morgan fingerprint density at radius 3 is 2.86 bits per heavy atom. The maximum atomic E-state index is 11.1. The van der Waals surface area contributed by atoms with Crippen molar-refractivity contribution in [3.05, 3.63) is 33.9 Å². The molecule has 1 aromatic rings. The third kappa shape index (κ3) is 3.94. The summed E-state index contributed by atoms with van der Waals surface area (Å²) in [5, 5.41) is 14.7. The SMILES string of the molecule is CCCN(CC1CCCCN1)c1cccc([N+](=O)[O-])c1C. The van der Waals surface area contributed by atoms with Gasteiger partial charge in [-0.05, 0) is 38.8 Å². The molecule has 0 radical (unpaired) electrons. The number of anilines is 1. The summed E-state index contributed by atoms with van der Waals surface area (Å²) in [5.41, 5.74) is 1.98. The van der Waals surface area contributed by atoms with Gasteiger partial charge in [0, 0.05) is 30.9 Å². The second-order valence-corrected chi connectivity index (χ2v) is 5.77. The Morgan fingerprint density at radius 1 is 1.43 bits per heavy atom. The van der Waals surface area contributed by atoms with Crippen LogP contribution in [0, 0.1) is 17.0 Å². The van der Waals surface area contributed by atoms with E-state index in [-0.39, 0.29) is 10.6 Å². The summed E-state index contributed by atoms with van der Waals surface area (Å²) < 4.78 is 0. The van der Waals surface area contributed by atoms with E-state index < -0.39 is 0 Å². The topological polar surface area (TPSA) is 58.4 Å². The lowest BCUT2D eigenvalue weighted by atomic mass is 10.0. The molecule has 0 spiro atoms. The molecule has 1 saturated heterocycles. The van der Waals surface area contributed by atoms with E-state index in [1.54, 1.807) is 12.1 Å². The molecule has 0 bridgehead atoms. The van der Waals surface area contributed by atoms with Crippen molar-refractivity contribution in [1.29, 1.82) is 0 Å². The first kappa shape index (κ1) is 15.8. The lowest BCUT2D eigenvalue weighted by molar-refractivity contribution is -0.385. The minimum atomic E-state index is -0.290. The van der Waals surface area contributed by atoms with E-state index in [9.17, 15) is 10.1 Å². The predicted molar refractivity (Wildman–Crippen MR) is 86.0 cm³/mol. The maximum Gasteiger partial charge on any atom is 0.274 e. The molecule has 1 atom stereocenters. The predicted octanol–water partition coefficient (Wildman–Crippen LogP) is 3.26. The fourth-order valence-electron chi connectivity index (χ4n) is 3.08. The fraction of sp³-hybridized carbons (Fsp3) is 0.625. The summed E-state index contributed by atoms with van der Waals surface area (Å²) in [6.45, 7) is 6.94. The van der Waals surface area contributed by atoms with Gasteiger partial charge in [0.15, 0.2) is 0 Å². The van der Waals surface area contributed by atoms with E-state index in [4.69, 9.17) is 0 Å². The second kappa shape index (κ2) is 7.41. The Balaban J connectivity index is 2.20. The number of nitro groups is 1. The molecule has 1 heterocycles. The monoisotopic (exact) mass is 291 g/mol. The molecule has 2 rings (SSSR count). The maximum absolute atomic E-state index is 11.1. The van der Waals surface area contributed by atoms with Crippen LogP contribution in [0.4, 0.5) is 11.4 Å². The highest BCUT2D eigenvalue weighted by Gasteiger charge is 2.21. The van der Waals surface area contributed by atoms with Gasteiger partial charge in [-0.2, -0.15) is 0 Å². The van der Waals surface area contributed by atoms with E-state index in [2.05, 4.69) is 17.1 Å². The zero-order valence-electron chi connectivity index (χ0n) is 13.0. The normalized spacial score (nSPS) is 18.5. The van der Waals surface area contributed by atoms with Crippen molar-refractivity contribution in [3.63, 3.8) is 0 Å². The van der Waals surface area contributed by atoms with Crippen molar-refractivity contribution in [1.82, 2.24) is 5.32 Å². The first-order chi connectivity index (χ1) is 10.1. The Morgan fingerprint density at radius 2 is 2.24 bits per heavy atom. The van der Waals surface area contributed by atoms with Gasteiger partial charge >= 0.3 is 0 Å². The van der Waals surface area contributed by atoms with E-state index >= 15 is 0 Å². The van der Waals surface area contributed by atoms with Crippen LogP contribution < -0.4 is 10.2 Å². The summed E-state index contributed by atoms with van der Waals surface area (Å²) >= 11 is 0. The summed E-state index contributed by atoms with van der Waals surface area (Å²) in [6, 6.07) is 5.86. The summed E-state index contributed by atoms with van der Waals surface area (Å²) in [4.78, 5) is 13.1. The zero-order valence-corrected chi connectivity index (χ0v) is 13.0. The second-order valence-electron chi connectivity index (χ2n) is 5.77. The van der Waals surface area contributed by atoms with Crippen molar-refractivity contribution in [2.24, 2.45) is 0 Å². The van der Waals surface area contributed by atoms with Gasteiger partial charge in [0.1, 0.15) is 0 Å². The molecule has 0 aliphatic carbocycles. The molecule has 5 heteroatoms. The van der Waals surface area contributed by atoms with Crippen LogP contribution in [-0.4, -0.2) is 30.6 Å².